The molecule has 0 spiro atoms. The summed E-state index contributed by atoms with van der Waals surface area (Å²) in [6.45, 7) is 1.31. The van der Waals surface area contributed by atoms with Gasteiger partial charge in [-0.05, 0) is 5.56 Å². The van der Waals surface area contributed by atoms with E-state index in [0.29, 0.717) is 19.8 Å². The molecule has 0 aliphatic carbocycles. The second-order valence-corrected chi connectivity index (χ2v) is 4.46. The number of hydrogen-bond acceptors (Lipinski definition) is 4. The zero-order valence-electron chi connectivity index (χ0n) is 10.1. The molecule has 0 saturated carbocycles. The predicted molar refractivity (Wildman–Crippen MR) is 73.6 cm³/mol. The quantitative estimate of drug-likeness (QED) is 0.606. The molecule has 1 aromatic heterocycles. The molecule has 0 saturated heterocycles. The molecule has 2 aromatic rings. The summed E-state index contributed by atoms with van der Waals surface area (Å²) in [4.78, 5) is 7.76. The average Bonchev–Trinajstić information content (AvgIpc) is 2.38. The highest BCUT2D eigenvalue weighted by Gasteiger charge is 2.02. The first-order chi connectivity index (χ1) is 9.24. The topological polar surface area (TPSA) is 44.2 Å². The SMILES string of the molecule is Clc1cc(Cl)nc(OCCOCc2ccccc2)n1. The first-order valence-corrected chi connectivity index (χ1v) is 6.44. The molecule has 0 amide bonds. The van der Waals surface area contributed by atoms with Crippen molar-refractivity contribution in [2.75, 3.05) is 13.2 Å². The van der Waals surface area contributed by atoms with E-state index >= 15 is 0 Å². The molecule has 0 unspecified atom stereocenters. The van der Waals surface area contributed by atoms with E-state index in [2.05, 4.69) is 9.97 Å². The van der Waals surface area contributed by atoms with Crippen molar-refractivity contribution in [1.82, 2.24) is 9.97 Å². The van der Waals surface area contributed by atoms with Crippen molar-refractivity contribution in [1.29, 1.82) is 0 Å². The van der Waals surface area contributed by atoms with Crippen molar-refractivity contribution < 1.29 is 9.47 Å². The van der Waals surface area contributed by atoms with Crippen LogP contribution >= 0.6 is 23.2 Å². The normalized spacial score (nSPS) is 10.4. The molecule has 0 atom stereocenters. The number of ether oxygens (including phenoxy) is 2. The first-order valence-electron chi connectivity index (χ1n) is 5.68. The van der Waals surface area contributed by atoms with E-state index < -0.39 is 0 Å². The number of rotatable bonds is 6. The van der Waals surface area contributed by atoms with E-state index in [1.807, 2.05) is 30.3 Å². The molecule has 0 N–H and O–H groups in total. The number of halogens is 2. The Hall–Kier alpha value is -1.36. The van der Waals surface area contributed by atoms with Crippen LogP contribution in [0.2, 0.25) is 10.3 Å². The van der Waals surface area contributed by atoms with Gasteiger partial charge in [-0.25, -0.2) is 0 Å². The van der Waals surface area contributed by atoms with Crippen molar-refractivity contribution in [3.05, 3.63) is 52.3 Å². The monoisotopic (exact) mass is 298 g/mol. The van der Waals surface area contributed by atoms with Crippen molar-refractivity contribution >= 4 is 23.2 Å². The molecular weight excluding hydrogens is 287 g/mol. The van der Waals surface area contributed by atoms with Gasteiger partial charge in [0, 0.05) is 6.07 Å². The number of benzene rings is 1. The van der Waals surface area contributed by atoms with Gasteiger partial charge in [0.1, 0.15) is 16.9 Å². The van der Waals surface area contributed by atoms with Crippen LogP contribution in [0.4, 0.5) is 0 Å². The van der Waals surface area contributed by atoms with Gasteiger partial charge in [-0.3, -0.25) is 0 Å². The van der Waals surface area contributed by atoms with E-state index in [1.54, 1.807) is 0 Å². The van der Waals surface area contributed by atoms with Crippen LogP contribution in [0.3, 0.4) is 0 Å². The van der Waals surface area contributed by atoms with Gasteiger partial charge in [0.05, 0.1) is 13.2 Å². The standard InChI is InChI=1S/C13H12Cl2N2O2/c14-11-8-12(15)17-13(16-11)19-7-6-18-9-10-4-2-1-3-5-10/h1-5,8H,6-7,9H2. The van der Waals surface area contributed by atoms with Crippen LogP contribution in [-0.2, 0) is 11.3 Å². The summed E-state index contributed by atoms with van der Waals surface area (Å²) >= 11 is 11.4. The molecule has 100 valence electrons. The highest BCUT2D eigenvalue weighted by Crippen LogP contribution is 2.15. The summed E-state index contributed by atoms with van der Waals surface area (Å²) in [5, 5.41) is 0.500. The molecule has 2 rings (SSSR count). The Labute approximate surface area is 121 Å². The summed E-state index contributed by atoms with van der Waals surface area (Å²) in [5.41, 5.74) is 1.12. The lowest BCUT2D eigenvalue weighted by molar-refractivity contribution is 0.0858. The third-order valence-electron chi connectivity index (χ3n) is 2.21. The summed E-state index contributed by atoms with van der Waals surface area (Å²) in [6.07, 6.45) is 0. The van der Waals surface area contributed by atoms with Crippen molar-refractivity contribution in [2.24, 2.45) is 0 Å². The highest BCUT2D eigenvalue weighted by atomic mass is 35.5. The highest BCUT2D eigenvalue weighted by molar-refractivity contribution is 6.33. The first kappa shape index (κ1) is 14.1. The molecule has 0 fully saturated rings. The number of hydrogen-bond donors (Lipinski definition) is 0. The van der Waals surface area contributed by atoms with Gasteiger partial charge in [-0.1, -0.05) is 53.5 Å². The predicted octanol–water partition coefficient (Wildman–Crippen LogP) is 3.38. The zero-order valence-corrected chi connectivity index (χ0v) is 11.6. The van der Waals surface area contributed by atoms with Gasteiger partial charge in [0.15, 0.2) is 0 Å². The lowest BCUT2D eigenvalue weighted by Crippen LogP contribution is -2.08. The van der Waals surface area contributed by atoms with Crippen LogP contribution in [0.1, 0.15) is 5.56 Å². The molecule has 0 bridgehead atoms. The molecular formula is C13H12Cl2N2O2. The Kier molecular flexibility index (Phi) is 5.39. The molecule has 4 nitrogen and oxygen atoms in total. The summed E-state index contributed by atoms with van der Waals surface area (Å²) in [7, 11) is 0. The number of aromatic nitrogens is 2. The Morgan fingerprint density at radius 1 is 0.947 bits per heavy atom. The van der Waals surface area contributed by atoms with Gasteiger partial charge in [-0.15, -0.1) is 0 Å². The van der Waals surface area contributed by atoms with Crippen molar-refractivity contribution in [3.63, 3.8) is 0 Å². The second kappa shape index (κ2) is 7.28. The molecule has 0 radical (unpaired) electrons. The number of nitrogens with zero attached hydrogens (tertiary/aromatic N) is 2. The molecule has 0 aliphatic heterocycles. The third kappa shape index (κ3) is 5.03. The van der Waals surface area contributed by atoms with E-state index in [9.17, 15) is 0 Å². The third-order valence-corrected chi connectivity index (χ3v) is 2.60. The molecule has 1 aromatic carbocycles. The van der Waals surface area contributed by atoms with Crippen LogP contribution in [0.15, 0.2) is 36.4 Å². The fourth-order valence-electron chi connectivity index (χ4n) is 1.39. The fourth-order valence-corrected chi connectivity index (χ4v) is 1.80. The van der Waals surface area contributed by atoms with Gasteiger partial charge >= 0.3 is 6.01 Å². The maximum Gasteiger partial charge on any atom is 0.319 e. The summed E-state index contributed by atoms with van der Waals surface area (Å²) < 4.78 is 10.7. The van der Waals surface area contributed by atoms with Gasteiger partial charge in [0.2, 0.25) is 0 Å². The van der Waals surface area contributed by atoms with Gasteiger partial charge in [0.25, 0.3) is 0 Å². The van der Waals surface area contributed by atoms with Crippen molar-refractivity contribution in [3.8, 4) is 6.01 Å². The van der Waals surface area contributed by atoms with Crippen LogP contribution in [0.5, 0.6) is 6.01 Å². The van der Waals surface area contributed by atoms with Gasteiger partial charge < -0.3 is 9.47 Å². The molecule has 0 aliphatic rings. The van der Waals surface area contributed by atoms with Crippen LogP contribution in [0, 0.1) is 0 Å². The van der Waals surface area contributed by atoms with Crippen molar-refractivity contribution in [2.45, 2.75) is 6.61 Å². The largest absolute Gasteiger partial charge is 0.461 e. The smallest absolute Gasteiger partial charge is 0.319 e. The lowest BCUT2D eigenvalue weighted by atomic mass is 10.2. The van der Waals surface area contributed by atoms with E-state index in [1.165, 1.54) is 6.07 Å². The fraction of sp³-hybridized carbons (Fsp3) is 0.231. The minimum Gasteiger partial charge on any atom is -0.461 e. The molecule has 19 heavy (non-hydrogen) atoms. The van der Waals surface area contributed by atoms with E-state index in [-0.39, 0.29) is 16.3 Å². The Morgan fingerprint density at radius 2 is 1.63 bits per heavy atom. The maximum atomic E-state index is 5.72. The van der Waals surface area contributed by atoms with Gasteiger partial charge in [-0.2, -0.15) is 9.97 Å². The average molecular weight is 299 g/mol. The summed E-state index contributed by atoms with van der Waals surface area (Å²) in [6, 6.07) is 11.5. The van der Waals surface area contributed by atoms with Crippen LogP contribution in [0.25, 0.3) is 0 Å². The Bertz CT molecular complexity index is 503. The van der Waals surface area contributed by atoms with E-state index in [0.717, 1.165) is 5.56 Å². The molecule has 6 heteroatoms. The minimum absolute atomic E-state index is 0.154. The lowest BCUT2D eigenvalue weighted by Gasteiger charge is -2.06. The second-order valence-electron chi connectivity index (χ2n) is 3.68. The Morgan fingerprint density at radius 3 is 2.32 bits per heavy atom. The maximum absolute atomic E-state index is 5.72. The van der Waals surface area contributed by atoms with Crippen LogP contribution < -0.4 is 4.74 Å². The van der Waals surface area contributed by atoms with E-state index in [4.69, 9.17) is 32.7 Å². The minimum atomic E-state index is 0.154. The van der Waals surface area contributed by atoms with Crippen LogP contribution in [-0.4, -0.2) is 23.2 Å². The Balaban J connectivity index is 1.69. The molecule has 1 heterocycles. The zero-order chi connectivity index (χ0) is 13.5. The summed E-state index contributed by atoms with van der Waals surface area (Å²) in [5.74, 6) is 0.